The van der Waals surface area contributed by atoms with Gasteiger partial charge in [0.25, 0.3) is 0 Å². The van der Waals surface area contributed by atoms with E-state index >= 15 is 0 Å². The Kier molecular flexibility index (Phi) is 5.82. The van der Waals surface area contributed by atoms with Crippen LogP contribution in [-0.2, 0) is 14.3 Å². The van der Waals surface area contributed by atoms with Crippen molar-refractivity contribution in [1.29, 1.82) is 0 Å². The number of hydrogen-bond acceptors (Lipinski definition) is 4. The summed E-state index contributed by atoms with van der Waals surface area (Å²) in [6, 6.07) is 0.0236. The van der Waals surface area contributed by atoms with Gasteiger partial charge in [0.2, 0.25) is 0 Å². The monoisotopic (exact) mass is 297 g/mol. The van der Waals surface area contributed by atoms with Gasteiger partial charge in [-0.05, 0) is 33.1 Å². The molecule has 1 aliphatic carbocycles. The van der Waals surface area contributed by atoms with Gasteiger partial charge in [-0.3, -0.25) is 10.1 Å². The molecule has 118 valence electrons. The molecule has 0 saturated heterocycles. The Morgan fingerprint density at radius 2 is 2.10 bits per heavy atom. The molecule has 1 saturated carbocycles. The zero-order valence-electron chi connectivity index (χ0n) is 12.0. The van der Waals surface area contributed by atoms with Gasteiger partial charge in [0.1, 0.15) is 12.1 Å². The molecule has 1 aliphatic rings. The number of carbonyl (C=O) groups excluding carboxylic acids is 1. The molecule has 0 aromatic rings. The van der Waals surface area contributed by atoms with E-state index in [-0.39, 0.29) is 12.5 Å². The Balaban J connectivity index is 2.73. The SMILES string of the molecule is COC(=O)C1(NC(C)C)CCCC(OCC(F)(F)F)C1. The summed E-state index contributed by atoms with van der Waals surface area (Å²) in [6.07, 6.45) is -3.05. The first kappa shape index (κ1) is 17.2. The van der Waals surface area contributed by atoms with E-state index in [9.17, 15) is 18.0 Å². The van der Waals surface area contributed by atoms with Gasteiger partial charge >= 0.3 is 12.1 Å². The molecule has 0 aromatic heterocycles. The molecule has 0 bridgehead atoms. The summed E-state index contributed by atoms with van der Waals surface area (Å²) in [5.41, 5.74) is -0.947. The molecule has 0 amide bonds. The van der Waals surface area contributed by atoms with E-state index in [1.807, 2.05) is 13.8 Å². The average molecular weight is 297 g/mol. The molecule has 1 rings (SSSR count). The van der Waals surface area contributed by atoms with E-state index in [1.54, 1.807) is 0 Å². The van der Waals surface area contributed by atoms with Crippen LogP contribution >= 0.6 is 0 Å². The number of hydrogen-bond donors (Lipinski definition) is 1. The molecule has 7 heteroatoms. The topological polar surface area (TPSA) is 47.6 Å². The molecule has 0 spiro atoms. The lowest BCUT2D eigenvalue weighted by Crippen LogP contribution is -2.58. The molecule has 20 heavy (non-hydrogen) atoms. The highest BCUT2D eigenvalue weighted by Crippen LogP contribution is 2.32. The van der Waals surface area contributed by atoms with E-state index in [0.29, 0.717) is 19.3 Å². The minimum atomic E-state index is -4.35. The number of nitrogens with one attached hydrogen (secondary N) is 1. The van der Waals surface area contributed by atoms with Crippen LogP contribution in [0.4, 0.5) is 13.2 Å². The van der Waals surface area contributed by atoms with Crippen LogP contribution in [0.2, 0.25) is 0 Å². The van der Waals surface area contributed by atoms with Crippen LogP contribution in [-0.4, -0.2) is 43.5 Å². The first-order valence-electron chi connectivity index (χ1n) is 6.73. The van der Waals surface area contributed by atoms with Gasteiger partial charge < -0.3 is 9.47 Å². The third-order valence-corrected chi connectivity index (χ3v) is 3.33. The molecule has 2 unspecified atom stereocenters. The van der Waals surface area contributed by atoms with Crippen molar-refractivity contribution in [3.05, 3.63) is 0 Å². The van der Waals surface area contributed by atoms with Crippen molar-refractivity contribution in [3.63, 3.8) is 0 Å². The van der Waals surface area contributed by atoms with Crippen molar-refractivity contribution in [2.75, 3.05) is 13.7 Å². The third kappa shape index (κ3) is 4.94. The summed E-state index contributed by atoms with van der Waals surface area (Å²) in [5.74, 6) is -0.438. The molecule has 4 nitrogen and oxygen atoms in total. The lowest BCUT2D eigenvalue weighted by atomic mass is 9.79. The number of rotatable bonds is 5. The maximum atomic E-state index is 12.2. The van der Waals surface area contributed by atoms with Crippen LogP contribution in [0.1, 0.15) is 39.5 Å². The highest BCUT2D eigenvalue weighted by atomic mass is 19.4. The van der Waals surface area contributed by atoms with Crippen LogP contribution in [0.3, 0.4) is 0 Å². The fourth-order valence-electron chi connectivity index (χ4n) is 2.70. The van der Waals surface area contributed by atoms with Crippen LogP contribution in [0.15, 0.2) is 0 Å². The minimum Gasteiger partial charge on any atom is -0.468 e. The van der Waals surface area contributed by atoms with Gasteiger partial charge in [-0.1, -0.05) is 0 Å². The number of alkyl halides is 3. The van der Waals surface area contributed by atoms with Crippen molar-refractivity contribution in [3.8, 4) is 0 Å². The molecular formula is C13H22F3NO3. The maximum absolute atomic E-state index is 12.2. The third-order valence-electron chi connectivity index (χ3n) is 3.33. The lowest BCUT2D eigenvalue weighted by Gasteiger charge is -2.40. The van der Waals surface area contributed by atoms with E-state index in [1.165, 1.54) is 7.11 Å². The fourth-order valence-corrected chi connectivity index (χ4v) is 2.70. The molecule has 0 aromatic carbocycles. The molecule has 0 heterocycles. The largest absolute Gasteiger partial charge is 0.468 e. The predicted molar refractivity (Wildman–Crippen MR) is 67.3 cm³/mol. The molecule has 0 radical (unpaired) electrons. The summed E-state index contributed by atoms with van der Waals surface area (Å²) >= 11 is 0. The summed E-state index contributed by atoms with van der Waals surface area (Å²) in [4.78, 5) is 12.0. The van der Waals surface area contributed by atoms with Crippen LogP contribution in [0, 0.1) is 0 Å². The van der Waals surface area contributed by atoms with Crippen LogP contribution in [0.25, 0.3) is 0 Å². The summed E-state index contributed by atoms with van der Waals surface area (Å²) < 4.78 is 46.3. The van der Waals surface area contributed by atoms with Crippen LogP contribution < -0.4 is 5.32 Å². The second kappa shape index (κ2) is 6.76. The minimum absolute atomic E-state index is 0.0236. The number of methoxy groups -OCH3 is 1. The van der Waals surface area contributed by atoms with Gasteiger partial charge in [0.05, 0.1) is 13.2 Å². The Morgan fingerprint density at radius 3 is 2.60 bits per heavy atom. The Labute approximate surface area is 117 Å². The van der Waals surface area contributed by atoms with E-state index < -0.39 is 30.4 Å². The zero-order chi connectivity index (χ0) is 15.4. The normalized spacial score (nSPS) is 27.6. The smallest absolute Gasteiger partial charge is 0.411 e. The average Bonchev–Trinajstić information content (AvgIpc) is 2.34. The summed E-state index contributed by atoms with van der Waals surface area (Å²) in [5, 5.41) is 3.14. The Morgan fingerprint density at radius 1 is 1.45 bits per heavy atom. The first-order chi connectivity index (χ1) is 9.18. The van der Waals surface area contributed by atoms with Crippen LogP contribution in [0.5, 0.6) is 0 Å². The van der Waals surface area contributed by atoms with Crippen molar-refractivity contribution in [2.45, 2.75) is 63.4 Å². The summed E-state index contributed by atoms with van der Waals surface area (Å²) in [7, 11) is 1.28. The highest BCUT2D eigenvalue weighted by Gasteiger charge is 2.45. The summed E-state index contributed by atoms with van der Waals surface area (Å²) in [6.45, 7) is 2.48. The number of ether oxygens (including phenoxy) is 2. The lowest BCUT2D eigenvalue weighted by molar-refractivity contribution is -0.192. The second-order valence-corrected chi connectivity index (χ2v) is 5.52. The number of carbonyl (C=O) groups is 1. The standard InChI is InChI=1S/C13H22F3NO3/c1-9(2)17-12(11(18)19-3)6-4-5-10(7-12)20-8-13(14,15)16/h9-10,17H,4-8H2,1-3H3. The molecule has 1 fully saturated rings. The van der Waals surface area contributed by atoms with Gasteiger partial charge in [-0.2, -0.15) is 13.2 Å². The van der Waals surface area contributed by atoms with Crippen molar-refractivity contribution >= 4 is 5.97 Å². The van der Waals surface area contributed by atoms with Gasteiger partial charge in [-0.15, -0.1) is 0 Å². The number of halogens is 3. The van der Waals surface area contributed by atoms with E-state index in [4.69, 9.17) is 9.47 Å². The first-order valence-corrected chi connectivity index (χ1v) is 6.73. The molecule has 0 aliphatic heterocycles. The van der Waals surface area contributed by atoms with Gasteiger partial charge in [-0.25, -0.2) is 0 Å². The highest BCUT2D eigenvalue weighted by molar-refractivity contribution is 5.81. The van der Waals surface area contributed by atoms with Gasteiger partial charge in [0.15, 0.2) is 0 Å². The van der Waals surface area contributed by atoms with E-state index in [0.717, 1.165) is 0 Å². The van der Waals surface area contributed by atoms with Crippen molar-refractivity contribution in [2.24, 2.45) is 0 Å². The quantitative estimate of drug-likeness (QED) is 0.792. The Hall–Kier alpha value is -0.820. The fraction of sp³-hybridized carbons (Fsp3) is 0.923. The van der Waals surface area contributed by atoms with Crippen molar-refractivity contribution in [1.82, 2.24) is 5.32 Å². The predicted octanol–water partition coefficient (Wildman–Crippen LogP) is 2.42. The van der Waals surface area contributed by atoms with Gasteiger partial charge in [0, 0.05) is 12.5 Å². The molecule has 1 N–H and O–H groups in total. The van der Waals surface area contributed by atoms with E-state index in [2.05, 4.69) is 5.32 Å². The zero-order valence-corrected chi connectivity index (χ0v) is 12.0. The second-order valence-electron chi connectivity index (χ2n) is 5.52. The van der Waals surface area contributed by atoms with Crippen molar-refractivity contribution < 1.29 is 27.4 Å². The molecule has 2 atom stereocenters. The maximum Gasteiger partial charge on any atom is 0.411 e. The number of esters is 1. The molecular weight excluding hydrogens is 275 g/mol. The Bertz CT molecular complexity index is 333.